The Morgan fingerprint density at radius 3 is 2.66 bits per heavy atom. The number of aryl methyl sites for hydroxylation is 1. The lowest BCUT2D eigenvalue weighted by Crippen LogP contribution is -2.25. The van der Waals surface area contributed by atoms with E-state index in [1.54, 1.807) is 19.4 Å². The monoisotopic (exact) mass is 637 g/mol. The van der Waals surface area contributed by atoms with Crippen molar-refractivity contribution in [2.75, 3.05) is 7.11 Å². The summed E-state index contributed by atoms with van der Waals surface area (Å²) in [6, 6.07) is 17.6. The Kier molecular flexibility index (Phi) is 8.29. The maximum Gasteiger partial charge on any atom is 0.282 e. The fraction of sp³-hybridized carbons (Fsp3) is 0.300. The van der Waals surface area contributed by atoms with Gasteiger partial charge >= 0.3 is 0 Å². The Bertz CT molecular complexity index is 1560. The van der Waals surface area contributed by atoms with Crippen LogP contribution in [0.2, 0.25) is 0 Å². The molecule has 8 heteroatoms. The number of benzene rings is 3. The van der Waals surface area contributed by atoms with Crippen LogP contribution in [0.1, 0.15) is 60.5 Å². The second-order valence-electron chi connectivity index (χ2n) is 9.64. The lowest BCUT2D eigenvalue weighted by molar-refractivity contribution is 0.282. The number of aromatic nitrogens is 2. The van der Waals surface area contributed by atoms with Gasteiger partial charge in [0.1, 0.15) is 12.4 Å². The average Bonchev–Trinajstić information content (AvgIpc) is 2.92. The van der Waals surface area contributed by atoms with Gasteiger partial charge < -0.3 is 9.47 Å². The van der Waals surface area contributed by atoms with E-state index in [1.165, 1.54) is 16.7 Å². The van der Waals surface area contributed by atoms with E-state index in [1.807, 2.05) is 36.4 Å². The van der Waals surface area contributed by atoms with Crippen molar-refractivity contribution in [3.8, 4) is 11.5 Å². The van der Waals surface area contributed by atoms with Crippen LogP contribution in [-0.2, 0) is 6.61 Å². The normalized spacial score (nSPS) is 14.3. The van der Waals surface area contributed by atoms with Crippen LogP contribution in [-0.4, -0.2) is 23.0 Å². The first-order valence-corrected chi connectivity index (χ1v) is 14.3. The van der Waals surface area contributed by atoms with Gasteiger partial charge in [-0.1, -0.05) is 65.0 Å². The van der Waals surface area contributed by atoms with Crippen molar-refractivity contribution >= 4 is 49.0 Å². The summed E-state index contributed by atoms with van der Waals surface area (Å²) in [5.74, 6) is 2.13. The zero-order valence-electron chi connectivity index (χ0n) is 21.4. The predicted molar refractivity (Wildman–Crippen MR) is 159 cm³/mol. The van der Waals surface area contributed by atoms with Gasteiger partial charge in [0.25, 0.3) is 5.56 Å². The molecule has 0 radical (unpaired) electrons. The average molecular weight is 639 g/mol. The number of hydrogen-bond acceptors (Lipinski definition) is 5. The summed E-state index contributed by atoms with van der Waals surface area (Å²) in [7, 11) is 1.61. The van der Waals surface area contributed by atoms with Crippen molar-refractivity contribution in [2.24, 2.45) is 5.10 Å². The third kappa shape index (κ3) is 5.86. The van der Waals surface area contributed by atoms with E-state index >= 15 is 0 Å². The Morgan fingerprint density at radius 2 is 1.89 bits per heavy atom. The molecule has 5 rings (SSSR count). The van der Waals surface area contributed by atoms with E-state index in [2.05, 4.69) is 56.0 Å². The van der Waals surface area contributed by atoms with Gasteiger partial charge in [-0.05, 0) is 77.2 Å². The van der Waals surface area contributed by atoms with Crippen LogP contribution in [0.3, 0.4) is 0 Å². The van der Waals surface area contributed by atoms with Crippen LogP contribution in [0.4, 0.5) is 0 Å². The zero-order chi connectivity index (χ0) is 26.6. The molecule has 0 spiro atoms. The van der Waals surface area contributed by atoms with Crippen molar-refractivity contribution in [1.82, 2.24) is 9.66 Å². The van der Waals surface area contributed by atoms with E-state index in [4.69, 9.17) is 14.5 Å². The standard InChI is InChI=1S/C30H29Br2N3O3/c1-19-7-6-8-20(13-19)18-38-28-25(32)14-21(15-27(28)37-2)17-33-35-29(22-9-4-3-5-10-22)34-26-12-11-23(31)16-24(26)30(35)36/h6-8,11-17,22H,3-5,9-10,18H2,1-2H3. The number of ether oxygens (including phenoxy) is 2. The fourth-order valence-corrected chi connectivity index (χ4v) is 5.87. The lowest BCUT2D eigenvalue weighted by Gasteiger charge is -2.22. The predicted octanol–water partition coefficient (Wildman–Crippen LogP) is 7.75. The van der Waals surface area contributed by atoms with Gasteiger partial charge in [-0.2, -0.15) is 9.78 Å². The van der Waals surface area contributed by atoms with Crippen molar-refractivity contribution < 1.29 is 9.47 Å². The van der Waals surface area contributed by atoms with Crippen molar-refractivity contribution in [3.63, 3.8) is 0 Å². The number of rotatable bonds is 7. The molecule has 38 heavy (non-hydrogen) atoms. The highest BCUT2D eigenvalue weighted by Gasteiger charge is 2.22. The highest BCUT2D eigenvalue weighted by molar-refractivity contribution is 9.10. The molecule has 0 saturated heterocycles. The van der Waals surface area contributed by atoms with Crippen molar-refractivity contribution in [3.05, 3.63) is 96.4 Å². The number of fused-ring (bicyclic) bond motifs is 1. The summed E-state index contributed by atoms with van der Waals surface area (Å²) in [5.41, 5.74) is 3.56. The molecule has 6 nitrogen and oxygen atoms in total. The number of nitrogens with zero attached hydrogens (tertiary/aromatic N) is 3. The molecule has 196 valence electrons. The number of halogens is 2. The van der Waals surface area contributed by atoms with E-state index in [-0.39, 0.29) is 11.5 Å². The highest BCUT2D eigenvalue weighted by Crippen LogP contribution is 2.37. The van der Waals surface area contributed by atoms with Crippen LogP contribution in [0, 0.1) is 6.92 Å². The minimum Gasteiger partial charge on any atom is -0.493 e. The molecular formula is C30H29Br2N3O3. The van der Waals surface area contributed by atoms with Crippen molar-refractivity contribution in [2.45, 2.75) is 51.6 Å². The molecular weight excluding hydrogens is 610 g/mol. The molecule has 1 aliphatic carbocycles. The second-order valence-corrected chi connectivity index (χ2v) is 11.4. The maximum absolute atomic E-state index is 13.6. The van der Waals surface area contributed by atoms with Gasteiger partial charge in [-0.25, -0.2) is 4.98 Å². The molecule has 0 atom stereocenters. The third-order valence-corrected chi connectivity index (χ3v) is 7.93. The third-order valence-electron chi connectivity index (χ3n) is 6.84. The van der Waals surface area contributed by atoms with E-state index in [0.717, 1.165) is 51.6 Å². The van der Waals surface area contributed by atoms with Crippen LogP contribution in [0.25, 0.3) is 10.9 Å². The molecule has 0 amide bonds. The summed E-state index contributed by atoms with van der Waals surface area (Å²) in [4.78, 5) is 18.5. The van der Waals surface area contributed by atoms with E-state index < -0.39 is 0 Å². The summed E-state index contributed by atoms with van der Waals surface area (Å²) < 4.78 is 14.8. The number of hydrogen-bond donors (Lipinski definition) is 0. The Morgan fingerprint density at radius 1 is 1.08 bits per heavy atom. The van der Waals surface area contributed by atoms with Gasteiger partial charge in [0.05, 0.1) is 28.7 Å². The molecule has 0 aliphatic heterocycles. The molecule has 1 aromatic heterocycles. The topological polar surface area (TPSA) is 65.7 Å². The molecule has 1 saturated carbocycles. The van der Waals surface area contributed by atoms with Gasteiger partial charge in [-0.3, -0.25) is 4.79 Å². The van der Waals surface area contributed by atoms with Crippen LogP contribution >= 0.6 is 31.9 Å². The molecule has 1 fully saturated rings. The smallest absolute Gasteiger partial charge is 0.282 e. The Hall–Kier alpha value is -2.97. The summed E-state index contributed by atoms with van der Waals surface area (Å²) in [6.07, 6.45) is 7.19. The van der Waals surface area contributed by atoms with E-state index in [9.17, 15) is 4.79 Å². The van der Waals surface area contributed by atoms with Gasteiger partial charge in [0, 0.05) is 10.4 Å². The Labute approximate surface area is 239 Å². The second kappa shape index (κ2) is 11.8. The molecule has 1 aliphatic rings. The number of methoxy groups -OCH3 is 1. The van der Waals surface area contributed by atoms with E-state index in [0.29, 0.717) is 29.0 Å². The van der Waals surface area contributed by atoms with Crippen LogP contribution < -0.4 is 15.0 Å². The molecule has 3 aromatic carbocycles. The summed E-state index contributed by atoms with van der Waals surface area (Å²) in [5, 5.41) is 5.20. The van der Waals surface area contributed by atoms with Gasteiger partial charge in [-0.15, -0.1) is 0 Å². The van der Waals surface area contributed by atoms with Crippen LogP contribution in [0.5, 0.6) is 11.5 Å². The maximum atomic E-state index is 13.6. The molecule has 1 heterocycles. The molecule has 0 unspecified atom stereocenters. The molecule has 4 aromatic rings. The Balaban J connectivity index is 1.49. The fourth-order valence-electron chi connectivity index (χ4n) is 4.94. The summed E-state index contributed by atoms with van der Waals surface area (Å²) >= 11 is 7.11. The summed E-state index contributed by atoms with van der Waals surface area (Å²) in [6.45, 7) is 2.48. The lowest BCUT2D eigenvalue weighted by atomic mass is 9.88. The quantitative estimate of drug-likeness (QED) is 0.194. The first kappa shape index (κ1) is 26.6. The SMILES string of the molecule is COc1cc(C=Nn2c(C3CCCCC3)nc3ccc(Br)cc3c2=O)cc(Br)c1OCc1cccc(C)c1. The largest absolute Gasteiger partial charge is 0.493 e. The molecule has 0 bridgehead atoms. The zero-order valence-corrected chi connectivity index (χ0v) is 24.6. The van der Waals surface area contributed by atoms with Gasteiger partial charge in [0.15, 0.2) is 11.5 Å². The first-order chi connectivity index (χ1) is 18.4. The highest BCUT2D eigenvalue weighted by atomic mass is 79.9. The minimum absolute atomic E-state index is 0.169. The molecule has 0 N–H and O–H groups in total. The van der Waals surface area contributed by atoms with Crippen LogP contribution in [0.15, 0.2) is 73.4 Å². The van der Waals surface area contributed by atoms with Crippen molar-refractivity contribution in [1.29, 1.82) is 0 Å². The minimum atomic E-state index is -0.169. The van der Waals surface area contributed by atoms with Gasteiger partial charge in [0.2, 0.25) is 0 Å². The first-order valence-electron chi connectivity index (χ1n) is 12.8.